The van der Waals surface area contributed by atoms with Crippen molar-refractivity contribution in [3.8, 4) is 12.3 Å². The van der Waals surface area contributed by atoms with Gasteiger partial charge < -0.3 is 9.47 Å². The Bertz CT molecular complexity index is 171. The van der Waals surface area contributed by atoms with Gasteiger partial charge in [0.25, 0.3) is 0 Å². The van der Waals surface area contributed by atoms with Crippen molar-refractivity contribution in [2.45, 2.75) is 26.2 Å². The molecule has 0 aromatic rings. The van der Waals surface area contributed by atoms with Crippen LogP contribution in [0.15, 0.2) is 0 Å². The van der Waals surface area contributed by atoms with Gasteiger partial charge in [-0.1, -0.05) is 19.8 Å². The molecule has 0 amide bonds. The van der Waals surface area contributed by atoms with Crippen LogP contribution in [0.3, 0.4) is 0 Å². The van der Waals surface area contributed by atoms with Crippen LogP contribution in [-0.2, 0) is 9.47 Å². The summed E-state index contributed by atoms with van der Waals surface area (Å²) in [5, 5.41) is 0. The summed E-state index contributed by atoms with van der Waals surface area (Å²) in [6.45, 7) is 4.18. The molecule has 1 rings (SSSR count). The van der Waals surface area contributed by atoms with E-state index in [0.717, 1.165) is 0 Å². The van der Waals surface area contributed by atoms with E-state index in [1.165, 1.54) is 0 Å². The molecule has 0 bridgehead atoms. The van der Waals surface area contributed by atoms with E-state index < -0.39 is 0 Å². The van der Waals surface area contributed by atoms with Crippen molar-refractivity contribution in [2.75, 3.05) is 7.11 Å². The number of hydrogen-bond acceptors (Lipinski definition) is 2. The molecule has 1 aliphatic heterocycles. The van der Waals surface area contributed by atoms with Gasteiger partial charge in [-0.15, -0.1) is 6.42 Å². The van der Waals surface area contributed by atoms with Crippen LogP contribution in [0.1, 0.15) is 13.8 Å². The molecule has 2 nitrogen and oxygen atoms in total. The van der Waals surface area contributed by atoms with Crippen molar-refractivity contribution >= 4 is 0 Å². The Morgan fingerprint density at radius 3 is 2.27 bits per heavy atom. The average molecular weight is 154 g/mol. The number of ether oxygens (including phenoxy) is 2. The highest BCUT2D eigenvalue weighted by Gasteiger charge is 2.37. The van der Waals surface area contributed by atoms with Gasteiger partial charge >= 0.3 is 0 Å². The molecule has 4 unspecified atom stereocenters. The highest BCUT2D eigenvalue weighted by molar-refractivity contribution is 5.02. The third-order valence-electron chi connectivity index (χ3n) is 2.41. The smallest absolute Gasteiger partial charge is 0.161 e. The molecule has 1 fully saturated rings. The van der Waals surface area contributed by atoms with E-state index in [9.17, 15) is 0 Å². The molecule has 0 spiro atoms. The van der Waals surface area contributed by atoms with Crippen molar-refractivity contribution in [1.29, 1.82) is 0 Å². The molecule has 1 saturated heterocycles. The SMILES string of the molecule is C#CC1OC(OC)C(C)C1C. The highest BCUT2D eigenvalue weighted by atomic mass is 16.7. The summed E-state index contributed by atoms with van der Waals surface area (Å²) in [7, 11) is 1.65. The van der Waals surface area contributed by atoms with Gasteiger partial charge in [-0.2, -0.15) is 0 Å². The van der Waals surface area contributed by atoms with Crippen LogP contribution in [0.4, 0.5) is 0 Å². The maximum atomic E-state index is 5.43. The maximum Gasteiger partial charge on any atom is 0.161 e. The van der Waals surface area contributed by atoms with Crippen LogP contribution in [0.5, 0.6) is 0 Å². The van der Waals surface area contributed by atoms with Crippen molar-refractivity contribution in [1.82, 2.24) is 0 Å². The minimum atomic E-state index is -0.119. The number of hydrogen-bond donors (Lipinski definition) is 0. The number of methoxy groups -OCH3 is 1. The third kappa shape index (κ3) is 1.40. The van der Waals surface area contributed by atoms with Gasteiger partial charge in [0.1, 0.15) is 6.10 Å². The normalized spacial score (nSPS) is 43.8. The zero-order valence-corrected chi connectivity index (χ0v) is 7.20. The lowest BCUT2D eigenvalue weighted by atomic mass is 9.94. The van der Waals surface area contributed by atoms with E-state index in [1.54, 1.807) is 7.11 Å². The molecule has 1 heterocycles. The van der Waals surface area contributed by atoms with Crippen LogP contribution in [0.2, 0.25) is 0 Å². The molecule has 0 saturated carbocycles. The van der Waals surface area contributed by atoms with E-state index in [0.29, 0.717) is 11.8 Å². The van der Waals surface area contributed by atoms with Gasteiger partial charge in [0.15, 0.2) is 6.29 Å². The summed E-state index contributed by atoms with van der Waals surface area (Å²) in [4.78, 5) is 0. The van der Waals surface area contributed by atoms with E-state index in [4.69, 9.17) is 15.9 Å². The van der Waals surface area contributed by atoms with Crippen molar-refractivity contribution in [3.63, 3.8) is 0 Å². The van der Waals surface area contributed by atoms with Crippen molar-refractivity contribution in [2.24, 2.45) is 11.8 Å². The summed E-state index contributed by atoms with van der Waals surface area (Å²) < 4.78 is 10.5. The molecule has 0 N–H and O–H groups in total. The Kier molecular flexibility index (Phi) is 2.53. The molecule has 0 aromatic carbocycles. The minimum Gasteiger partial charge on any atom is -0.356 e. The summed E-state index contributed by atoms with van der Waals surface area (Å²) >= 11 is 0. The van der Waals surface area contributed by atoms with Gasteiger partial charge in [-0.25, -0.2) is 0 Å². The second-order valence-electron chi connectivity index (χ2n) is 3.05. The maximum absolute atomic E-state index is 5.43. The third-order valence-corrected chi connectivity index (χ3v) is 2.41. The van der Waals surface area contributed by atoms with Gasteiger partial charge in [0, 0.05) is 18.9 Å². The second kappa shape index (κ2) is 3.25. The van der Waals surface area contributed by atoms with E-state index >= 15 is 0 Å². The molecule has 2 heteroatoms. The van der Waals surface area contributed by atoms with E-state index in [1.807, 2.05) is 0 Å². The van der Waals surface area contributed by atoms with Crippen molar-refractivity contribution in [3.05, 3.63) is 0 Å². The van der Waals surface area contributed by atoms with Crippen LogP contribution in [0.25, 0.3) is 0 Å². The molecule has 4 atom stereocenters. The molecule has 0 aromatic heterocycles. The Labute approximate surface area is 67.9 Å². The fourth-order valence-corrected chi connectivity index (χ4v) is 1.38. The molecule has 0 radical (unpaired) electrons. The number of terminal acetylenes is 1. The fourth-order valence-electron chi connectivity index (χ4n) is 1.38. The Hall–Kier alpha value is -0.520. The van der Waals surface area contributed by atoms with E-state index in [-0.39, 0.29) is 12.4 Å². The molecule has 1 aliphatic rings. The van der Waals surface area contributed by atoms with Gasteiger partial charge in [-0.05, 0) is 0 Å². The Balaban J connectivity index is 2.62. The van der Waals surface area contributed by atoms with Crippen LogP contribution in [0, 0.1) is 24.2 Å². The first-order chi connectivity index (χ1) is 5.20. The minimum absolute atomic E-state index is 0.0741. The zero-order valence-electron chi connectivity index (χ0n) is 7.20. The number of rotatable bonds is 1. The second-order valence-corrected chi connectivity index (χ2v) is 3.05. The topological polar surface area (TPSA) is 18.5 Å². The predicted molar refractivity (Wildman–Crippen MR) is 42.8 cm³/mol. The quantitative estimate of drug-likeness (QED) is 0.529. The van der Waals surface area contributed by atoms with Crippen LogP contribution < -0.4 is 0 Å². The van der Waals surface area contributed by atoms with E-state index in [2.05, 4.69) is 19.8 Å². The predicted octanol–water partition coefficient (Wildman–Crippen LogP) is 1.26. The van der Waals surface area contributed by atoms with Crippen LogP contribution >= 0.6 is 0 Å². The van der Waals surface area contributed by atoms with Gasteiger partial charge in [0.2, 0.25) is 0 Å². The molecular weight excluding hydrogens is 140 g/mol. The van der Waals surface area contributed by atoms with Gasteiger partial charge in [-0.3, -0.25) is 0 Å². The zero-order chi connectivity index (χ0) is 8.43. The molecular formula is C9H14O2. The van der Waals surface area contributed by atoms with Crippen LogP contribution in [-0.4, -0.2) is 19.5 Å². The lowest BCUT2D eigenvalue weighted by Crippen LogP contribution is -2.17. The summed E-state index contributed by atoms with van der Waals surface area (Å²) in [6, 6.07) is 0. The standard InChI is InChI=1S/C9H14O2/c1-5-8-6(2)7(3)9(10-4)11-8/h1,6-9H,2-4H3. The lowest BCUT2D eigenvalue weighted by Gasteiger charge is -2.12. The largest absolute Gasteiger partial charge is 0.356 e. The first-order valence-corrected chi connectivity index (χ1v) is 3.85. The summed E-state index contributed by atoms with van der Waals surface area (Å²) in [5.74, 6) is 3.39. The summed E-state index contributed by atoms with van der Waals surface area (Å²) in [6.07, 6.45) is 5.08. The monoisotopic (exact) mass is 154 g/mol. The average Bonchev–Trinajstić information content (AvgIpc) is 2.30. The molecule has 11 heavy (non-hydrogen) atoms. The lowest BCUT2D eigenvalue weighted by molar-refractivity contribution is -0.118. The molecule has 0 aliphatic carbocycles. The Morgan fingerprint density at radius 2 is 2.00 bits per heavy atom. The Morgan fingerprint density at radius 1 is 1.36 bits per heavy atom. The molecule has 62 valence electrons. The van der Waals surface area contributed by atoms with Crippen molar-refractivity contribution < 1.29 is 9.47 Å². The van der Waals surface area contributed by atoms with Gasteiger partial charge in [0.05, 0.1) is 0 Å². The summed E-state index contributed by atoms with van der Waals surface area (Å²) in [5.41, 5.74) is 0. The highest BCUT2D eigenvalue weighted by Crippen LogP contribution is 2.31. The first-order valence-electron chi connectivity index (χ1n) is 3.85. The fraction of sp³-hybridized carbons (Fsp3) is 0.778. The first kappa shape index (κ1) is 8.58.